The Morgan fingerprint density at radius 3 is 2.45 bits per heavy atom. The molecule has 0 spiro atoms. The normalized spacial score (nSPS) is 17.4. The number of nitrogens with one attached hydrogen (secondary N) is 1. The summed E-state index contributed by atoms with van der Waals surface area (Å²) in [5, 5.41) is 14.2. The van der Waals surface area contributed by atoms with Gasteiger partial charge in [-0.2, -0.15) is 0 Å². The van der Waals surface area contributed by atoms with Gasteiger partial charge in [-0.05, 0) is 62.7 Å². The van der Waals surface area contributed by atoms with Crippen LogP contribution in [-0.4, -0.2) is 18.2 Å². The van der Waals surface area contributed by atoms with Crippen LogP contribution in [0, 0.1) is 12.7 Å². The number of aryl methyl sites for hydroxylation is 1. The standard InChI is InChI=1S/C18H20FNOS/c1-13-2-5-15(6-3-13)22-17-12-14(19)4-7-16(17)18(21)8-10-20-11-9-18/h2-7,12,20-21H,8-11H2,1H3. The van der Waals surface area contributed by atoms with Crippen molar-refractivity contribution in [3.8, 4) is 0 Å². The van der Waals surface area contributed by atoms with Gasteiger partial charge in [-0.25, -0.2) is 4.39 Å². The van der Waals surface area contributed by atoms with Crippen molar-refractivity contribution in [2.24, 2.45) is 0 Å². The molecule has 0 amide bonds. The first-order valence-corrected chi connectivity index (χ1v) is 8.36. The highest BCUT2D eigenvalue weighted by molar-refractivity contribution is 7.99. The number of rotatable bonds is 3. The van der Waals surface area contributed by atoms with Crippen molar-refractivity contribution in [1.29, 1.82) is 0 Å². The summed E-state index contributed by atoms with van der Waals surface area (Å²) >= 11 is 1.51. The van der Waals surface area contributed by atoms with E-state index >= 15 is 0 Å². The molecule has 0 radical (unpaired) electrons. The average Bonchev–Trinajstić information content (AvgIpc) is 2.50. The van der Waals surface area contributed by atoms with E-state index in [0.29, 0.717) is 12.8 Å². The third kappa shape index (κ3) is 3.35. The fourth-order valence-corrected chi connectivity index (χ4v) is 3.87. The number of piperidine rings is 1. The summed E-state index contributed by atoms with van der Waals surface area (Å²) in [5.41, 5.74) is 1.16. The molecule has 2 N–H and O–H groups in total. The van der Waals surface area contributed by atoms with Gasteiger partial charge in [0.25, 0.3) is 0 Å². The molecule has 0 saturated carbocycles. The maximum atomic E-state index is 13.7. The summed E-state index contributed by atoms with van der Waals surface area (Å²) in [4.78, 5) is 1.85. The Kier molecular flexibility index (Phi) is 4.52. The van der Waals surface area contributed by atoms with Crippen LogP contribution in [-0.2, 0) is 5.60 Å². The van der Waals surface area contributed by atoms with Gasteiger partial charge < -0.3 is 10.4 Å². The number of hydrogen-bond donors (Lipinski definition) is 2. The average molecular weight is 317 g/mol. The molecular weight excluding hydrogens is 297 g/mol. The monoisotopic (exact) mass is 317 g/mol. The van der Waals surface area contributed by atoms with Gasteiger partial charge in [0.05, 0.1) is 5.60 Å². The summed E-state index contributed by atoms with van der Waals surface area (Å²) in [6, 6.07) is 12.8. The fraction of sp³-hybridized carbons (Fsp3) is 0.333. The molecular formula is C18H20FNOS. The Balaban J connectivity index is 1.95. The lowest BCUT2D eigenvalue weighted by Crippen LogP contribution is -2.40. The first-order valence-electron chi connectivity index (χ1n) is 7.54. The molecule has 116 valence electrons. The Morgan fingerprint density at radius 2 is 1.77 bits per heavy atom. The van der Waals surface area contributed by atoms with Crippen LogP contribution in [0.4, 0.5) is 4.39 Å². The summed E-state index contributed by atoms with van der Waals surface area (Å²) < 4.78 is 13.7. The van der Waals surface area contributed by atoms with Gasteiger partial charge in [0, 0.05) is 9.79 Å². The minimum atomic E-state index is -0.869. The van der Waals surface area contributed by atoms with Gasteiger partial charge in [-0.1, -0.05) is 35.5 Å². The highest BCUT2D eigenvalue weighted by Crippen LogP contribution is 2.40. The third-order valence-corrected chi connectivity index (χ3v) is 5.19. The Bertz CT molecular complexity index is 651. The lowest BCUT2D eigenvalue weighted by Gasteiger charge is -2.34. The first-order chi connectivity index (χ1) is 10.6. The molecule has 0 bridgehead atoms. The molecule has 0 atom stereocenters. The van der Waals surface area contributed by atoms with Crippen LogP contribution in [0.3, 0.4) is 0 Å². The largest absolute Gasteiger partial charge is 0.385 e. The first kappa shape index (κ1) is 15.5. The number of benzene rings is 2. The topological polar surface area (TPSA) is 32.3 Å². The Morgan fingerprint density at radius 1 is 1.09 bits per heavy atom. The molecule has 1 aliphatic rings. The van der Waals surface area contributed by atoms with Gasteiger partial charge in [-0.15, -0.1) is 0 Å². The zero-order chi connectivity index (χ0) is 15.6. The van der Waals surface area contributed by atoms with E-state index in [2.05, 4.69) is 5.32 Å². The van der Waals surface area contributed by atoms with E-state index < -0.39 is 5.60 Å². The highest BCUT2D eigenvalue weighted by atomic mass is 32.2. The quantitative estimate of drug-likeness (QED) is 0.902. The van der Waals surface area contributed by atoms with E-state index in [1.165, 1.54) is 29.5 Å². The SMILES string of the molecule is Cc1ccc(Sc2cc(F)ccc2C2(O)CCNCC2)cc1. The number of aliphatic hydroxyl groups is 1. The number of hydrogen-bond acceptors (Lipinski definition) is 3. The molecule has 0 aliphatic carbocycles. The minimum absolute atomic E-state index is 0.268. The molecule has 1 aliphatic heterocycles. The van der Waals surface area contributed by atoms with Crippen molar-refractivity contribution in [1.82, 2.24) is 5.32 Å². The van der Waals surface area contributed by atoms with Crippen LogP contribution < -0.4 is 5.32 Å². The van der Waals surface area contributed by atoms with Crippen LogP contribution in [0.25, 0.3) is 0 Å². The predicted octanol–water partition coefficient (Wildman–Crippen LogP) is 3.86. The number of halogens is 1. The van der Waals surface area contributed by atoms with Gasteiger partial charge in [-0.3, -0.25) is 0 Å². The molecule has 2 nitrogen and oxygen atoms in total. The lowest BCUT2D eigenvalue weighted by atomic mass is 9.85. The van der Waals surface area contributed by atoms with E-state index in [1.807, 2.05) is 31.2 Å². The Labute approximate surface area is 134 Å². The molecule has 1 saturated heterocycles. The maximum Gasteiger partial charge on any atom is 0.124 e. The molecule has 22 heavy (non-hydrogen) atoms. The second-order valence-corrected chi connectivity index (χ2v) is 6.95. The second kappa shape index (κ2) is 6.41. The van der Waals surface area contributed by atoms with Crippen molar-refractivity contribution in [2.45, 2.75) is 35.2 Å². The highest BCUT2D eigenvalue weighted by Gasteiger charge is 2.33. The molecule has 2 aromatic rings. The van der Waals surface area contributed by atoms with Crippen LogP contribution in [0.15, 0.2) is 52.3 Å². The summed E-state index contributed by atoms with van der Waals surface area (Å²) in [7, 11) is 0. The van der Waals surface area contributed by atoms with Crippen LogP contribution in [0.5, 0.6) is 0 Å². The molecule has 1 heterocycles. The fourth-order valence-electron chi connectivity index (χ4n) is 2.81. The van der Waals surface area contributed by atoms with Crippen LogP contribution in [0.1, 0.15) is 24.0 Å². The van der Waals surface area contributed by atoms with Gasteiger partial charge in [0.2, 0.25) is 0 Å². The summed E-state index contributed by atoms with van der Waals surface area (Å²) in [6.45, 7) is 3.60. The zero-order valence-electron chi connectivity index (χ0n) is 12.6. The third-order valence-electron chi connectivity index (χ3n) is 4.12. The van der Waals surface area contributed by atoms with Gasteiger partial charge in [0.15, 0.2) is 0 Å². The van der Waals surface area contributed by atoms with Crippen molar-refractivity contribution in [3.63, 3.8) is 0 Å². The van der Waals surface area contributed by atoms with Gasteiger partial charge >= 0.3 is 0 Å². The van der Waals surface area contributed by atoms with Crippen molar-refractivity contribution in [2.75, 3.05) is 13.1 Å². The smallest absolute Gasteiger partial charge is 0.124 e. The summed E-state index contributed by atoms with van der Waals surface area (Å²) in [5.74, 6) is -0.268. The van der Waals surface area contributed by atoms with E-state index in [1.54, 1.807) is 6.07 Å². The molecule has 3 rings (SSSR count). The Hall–Kier alpha value is -1.36. The maximum absolute atomic E-state index is 13.7. The van der Waals surface area contributed by atoms with Gasteiger partial charge in [0.1, 0.15) is 5.82 Å². The van der Waals surface area contributed by atoms with Crippen molar-refractivity contribution < 1.29 is 9.50 Å². The van der Waals surface area contributed by atoms with Crippen molar-refractivity contribution in [3.05, 3.63) is 59.4 Å². The molecule has 0 aromatic heterocycles. The molecule has 4 heteroatoms. The lowest BCUT2D eigenvalue weighted by molar-refractivity contribution is 0.00343. The molecule has 2 aromatic carbocycles. The molecule has 1 fully saturated rings. The van der Waals surface area contributed by atoms with E-state index in [4.69, 9.17) is 0 Å². The predicted molar refractivity (Wildman–Crippen MR) is 87.7 cm³/mol. The van der Waals surface area contributed by atoms with E-state index in [0.717, 1.165) is 28.4 Å². The van der Waals surface area contributed by atoms with Crippen molar-refractivity contribution >= 4 is 11.8 Å². The minimum Gasteiger partial charge on any atom is -0.385 e. The zero-order valence-corrected chi connectivity index (χ0v) is 13.4. The second-order valence-electron chi connectivity index (χ2n) is 5.84. The van der Waals surface area contributed by atoms with Crippen LogP contribution >= 0.6 is 11.8 Å². The van der Waals surface area contributed by atoms with E-state index in [-0.39, 0.29) is 5.82 Å². The summed E-state index contributed by atoms with van der Waals surface area (Å²) in [6.07, 6.45) is 1.31. The molecule has 0 unspecified atom stereocenters. The van der Waals surface area contributed by atoms with Crippen LogP contribution in [0.2, 0.25) is 0 Å². The van der Waals surface area contributed by atoms with E-state index in [9.17, 15) is 9.50 Å².